The second-order valence-corrected chi connectivity index (χ2v) is 5.85. The van der Waals surface area contributed by atoms with Crippen molar-refractivity contribution in [3.63, 3.8) is 0 Å². The third-order valence-electron chi connectivity index (χ3n) is 4.14. The van der Waals surface area contributed by atoms with Gasteiger partial charge in [-0.05, 0) is 43.5 Å². The van der Waals surface area contributed by atoms with Crippen LogP contribution in [0.2, 0.25) is 0 Å². The van der Waals surface area contributed by atoms with E-state index in [2.05, 4.69) is 10.3 Å². The number of nitrogens with one attached hydrogen (secondary N) is 2. The fourth-order valence-corrected chi connectivity index (χ4v) is 2.88. The molecule has 0 radical (unpaired) electrons. The van der Waals surface area contributed by atoms with Crippen molar-refractivity contribution < 1.29 is 18.0 Å². The molecule has 0 unspecified atom stereocenters. The highest BCUT2D eigenvalue weighted by atomic mass is 19.2. The average molecular weight is 311 g/mol. The lowest BCUT2D eigenvalue weighted by Gasteiger charge is -2.40. The highest BCUT2D eigenvalue weighted by molar-refractivity contribution is 5.98. The third-order valence-corrected chi connectivity index (χ3v) is 4.14. The first-order valence-corrected chi connectivity index (χ1v) is 7.06. The fourth-order valence-electron chi connectivity index (χ4n) is 2.88. The van der Waals surface area contributed by atoms with Gasteiger partial charge < -0.3 is 16.0 Å². The van der Waals surface area contributed by atoms with Crippen molar-refractivity contribution in [2.45, 2.75) is 18.5 Å². The molecule has 7 heteroatoms. The van der Waals surface area contributed by atoms with Crippen LogP contribution in [0.25, 0.3) is 10.9 Å². The lowest BCUT2D eigenvalue weighted by molar-refractivity contribution is 0.0121. The van der Waals surface area contributed by atoms with Gasteiger partial charge in [-0.25, -0.2) is 13.2 Å². The highest BCUT2D eigenvalue weighted by Crippen LogP contribution is 2.40. The number of amides is 1. The lowest BCUT2D eigenvalue weighted by Crippen LogP contribution is -2.50. The van der Waals surface area contributed by atoms with Gasteiger partial charge in [0.25, 0.3) is 5.91 Å². The number of halogens is 3. The van der Waals surface area contributed by atoms with Gasteiger partial charge in [-0.1, -0.05) is 0 Å². The lowest BCUT2D eigenvalue weighted by atomic mass is 9.72. The molecule has 4 nitrogen and oxygen atoms in total. The fraction of sp³-hybridized carbons (Fsp3) is 0.400. The van der Waals surface area contributed by atoms with E-state index in [1.807, 2.05) is 0 Å². The Hall–Kier alpha value is -2.02. The molecule has 0 atom stereocenters. The molecule has 2 aromatic rings. The maximum atomic E-state index is 14.2. The number of rotatable bonds is 4. The van der Waals surface area contributed by atoms with Crippen LogP contribution >= 0.6 is 0 Å². The molecule has 3 rings (SSSR count). The van der Waals surface area contributed by atoms with Gasteiger partial charge in [-0.15, -0.1) is 0 Å². The molecular formula is C15H16F3N3O. The topological polar surface area (TPSA) is 70.9 Å². The minimum atomic E-state index is -1.43. The Kier molecular flexibility index (Phi) is 3.60. The van der Waals surface area contributed by atoms with Gasteiger partial charge in [0.05, 0.1) is 6.54 Å². The molecule has 1 saturated carbocycles. The molecule has 1 fully saturated rings. The van der Waals surface area contributed by atoms with Crippen molar-refractivity contribution in [3.8, 4) is 0 Å². The molecule has 0 saturated heterocycles. The molecule has 4 N–H and O–H groups in total. The van der Waals surface area contributed by atoms with E-state index in [1.165, 1.54) is 12.1 Å². The molecule has 0 spiro atoms. The number of nitrogens with two attached hydrogens (primary N) is 1. The summed E-state index contributed by atoms with van der Waals surface area (Å²) >= 11 is 0. The maximum absolute atomic E-state index is 14.2. The van der Waals surface area contributed by atoms with Gasteiger partial charge >= 0.3 is 0 Å². The van der Waals surface area contributed by atoms with Crippen molar-refractivity contribution in [1.29, 1.82) is 0 Å². The van der Waals surface area contributed by atoms with Crippen molar-refractivity contribution >= 4 is 16.8 Å². The first kappa shape index (κ1) is 14.9. The molecule has 0 bridgehead atoms. The number of H-pyrrole nitrogens is 1. The minimum absolute atomic E-state index is 0.00745. The van der Waals surface area contributed by atoms with E-state index in [9.17, 15) is 18.0 Å². The van der Waals surface area contributed by atoms with Crippen LogP contribution in [0.3, 0.4) is 0 Å². The van der Waals surface area contributed by atoms with E-state index in [1.54, 1.807) is 0 Å². The monoisotopic (exact) mass is 311 g/mol. The van der Waals surface area contributed by atoms with Crippen LogP contribution in [-0.4, -0.2) is 29.6 Å². The van der Waals surface area contributed by atoms with Crippen molar-refractivity contribution in [2.24, 2.45) is 11.7 Å². The summed E-state index contributed by atoms with van der Waals surface area (Å²) in [6.07, 6.45) is 0.659. The van der Waals surface area contributed by atoms with Crippen LogP contribution in [0.1, 0.15) is 23.3 Å². The van der Waals surface area contributed by atoms with Crippen LogP contribution in [0.15, 0.2) is 18.2 Å². The molecule has 22 heavy (non-hydrogen) atoms. The predicted octanol–water partition coefficient (Wildman–Crippen LogP) is 2.25. The normalized spacial score (nSPS) is 24.3. The van der Waals surface area contributed by atoms with Gasteiger partial charge in [-0.3, -0.25) is 4.79 Å². The number of aromatic nitrogens is 1. The first-order valence-electron chi connectivity index (χ1n) is 7.06. The maximum Gasteiger partial charge on any atom is 0.267 e. The molecule has 1 aliphatic carbocycles. The van der Waals surface area contributed by atoms with Crippen molar-refractivity contribution in [2.75, 3.05) is 13.1 Å². The summed E-state index contributed by atoms with van der Waals surface area (Å²) in [5.41, 5.74) is 4.40. The van der Waals surface area contributed by atoms with Crippen molar-refractivity contribution in [3.05, 3.63) is 35.5 Å². The zero-order valence-corrected chi connectivity index (χ0v) is 11.8. The standard InChI is InChI=1S/C15H16F3N3O/c16-10-1-2-11-9(13(10)17)3-12(21-11)14(22)20-7-15(18)4-8(5-15)6-19/h1-3,8,21H,4-7,19H2,(H,20,22). The van der Waals surface area contributed by atoms with Gasteiger partial charge in [-0.2, -0.15) is 0 Å². The number of fused-ring (bicyclic) bond motifs is 1. The van der Waals surface area contributed by atoms with Gasteiger partial charge in [0.15, 0.2) is 11.6 Å². The SMILES string of the molecule is NCC1CC(F)(CNC(=O)c2cc3c(F)c(F)ccc3[nH]2)C1. The predicted molar refractivity (Wildman–Crippen MR) is 76.2 cm³/mol. The van der Waals surface area contributed by atoms with Crippen LogP contribution in [-0.2, 0) is 0 Å². The Morgan fingerprint density at radius 1 is 1.41 bits per heavy atom. The number of aromatic amines is 1. The molecule has 118 valence electrons. The molecule has 0 aliphatic heterocycles. The summed E-state index contributed by atoms with van der Waals surface area (Å²) in [6, 6.07) is 3.55. The molecule has 1 aliphatic rings. The summed E-state index contributed by atoms with van der Waals surface area (Å²) in [4.78, 5) is 14.7. The molecule has 1 amide bonds. The molecule has 1 aromatic heterocycles. The zero-order valence-electron chi connectivity index (χ0n) is 11.8. The number of alkyl halides is 1. The summed E-state index contributed by atoms with van der Waals surface area (Å²) in [7, 11) is 0. The third kappa shape index (κ3) is 2.56. The number of carbonyl (C=O) groups excluding carboxylic acids is 1. The second-order valence-electron chi connectivity index (χ2n) is 5.85. The van der Waals surface area contributed by atoms with E-state index < -0.39 is 23.2 Å². The smallest absolute Gasteiger partial charge is 0.267 e. The quantitative estimate of drug-likeness (QED) is 0.810. The Labute approximate surface area is 124 Å². The Morgan fingerprint density at radius 2 is 2.14 bits per heavy atom. The minimum Gasteiger partial charge on any atom is -0.350 e. The molecule has 1 aromatic carbocycles. The summed E-state index contributed by atoms with van der Waals surface area (Å²) in [5, 5.41) is 2.47. The zero-order chi connectivity index (χ0) is 15.9. The second kappa shape index (κ2) is 5.31. The Bertz CT molecular complexity index is 722. The largest absolute Gasteiger partial charge is 0.350 e. The molecular weight excluding hydrogens is 295 g/mol. The van der Waals surface area contributed by atoms with E-state index >= 15 is 0 Å². The van der Waals surface area contributed by atoms with Crippen LogP contribution in [0, 0.1) is 17.6 Å². The number of benzene rings is 1. The van der Waals surface area contributed by atoms with Crippen LogP contribution in [0.5, 0.6) is 0 Å². The number of hydrogen-bond donors (Lipinski definition) is 3. The van der Waals surface area contributed by atoms with Crippen LogP contribution < -0.4 is 11.1 Å². The molecule has 1 heterocycles. The summed E-state index contributed by atoms with van der Waals surface area (Å²) < 4.78 is 40.9. The van der Waals surface area contributed by atoms with E-state index in [0.29, 0.717) is 24.9 Å². The average Bonchev–Trinajstić information content (AvgIpc) is 2.90. The van der Waals surface area contributed by atoms with E-state index in [4.69, 9.17) is 5.73 Å². The Balaban J connectivity index is 1.69. The number of carbonyl (C=O) groups is 1. The summed E-state index contributed by atoms with van der Waals surface area (Å²) in [5.74, 6) is -2.39. The van der Waals surface area contributed by atoms with Gasteiger partial charge in [0.2, 0.25) is 0 Å². The van der Waals surface area contributed by atoms with Crippen molar-refractivity contribution in [1.82, 2.24) is 10.3 Å². The van der Waals surface area contributed by atoms with Crippen LogP contribution in [0.4, 0.5) is 13.2 Å². The Morgan fingerprint density at radius 3 is 2.82 bits per heavy atom. The summed E-state index contributed by atoms with van der Waals surface area (Å²) in [6.45, 7) is 0.320. The van der Waals surface area contributed by atoms with E-state index in [-0.39, 0.29) is 23.5 Å². The van der Waals surface area contributed by atoms with E-state index in [0.717, 1.165) is 6.07 Å². The van der Waals surface area contributed by atoms with Gasteiger partial charge in [0, 0.05) is 10.9 Å². The highest BCUT2D eigenvalue weighted by Gasteiger charge is 2.44. The first-order chi connectivity index (χ1) is 10.4. The number of hydrogen-bond acceptors (Lipinski definition) is 2. The van der Waals surface area contributed by atoms with Gasteiger partial charge in [0.1, 0.15) is 11.4 Å².